The van der Waals surface area contributed by atoms with Crippen LogP contribution in [0.15, 0.2) is 36.5 Å². The van der Waals surface area contributed by atoms with Crippen molar-refractivity contribution in [2.24, 2.45) is 0 Å². The van der Waals surface area contributed by atoms with Gasteiger partial charge < -0.3 is 4.90 Å². The Hall–Kier alpha value is -1.45. The van der Waals surface area contributed by atoms with Gasteiger partial charge in [-0.25, -0.2) is 0 Å². The third-order valence-corrected chi connectivity index (χ3v) is 4.18. The maximum atomic E-state index is 4.56. The zero-order valence-corrected chi connectivity index (χ0v) is 12.3. The van der Waals surface area contributed by atoms with Crippen molar-refractivity contribution in [1.82, 2.24) is 14.8 Å². The van der Waals surface area contributed by atoms with Crippen molar-refractivity contribution in [2.75, 3.05) is 32.7 Å². The molecule has 0 amide bonds. The number of benzene rings is 1. The molecule has 3 nitrogen and oxygen atoms in total. The van der Waals surface area contributed by atoms with E-state index in [1.165, 1.54) is 50.1 Å². The highest BCUT2D eigenvalue weighted by Crippen LogP contribution is 2.15. The van der Waals surface area contributed by atoms with Gasteiger partial charge in [-0.2, -0.15) is 0 Å². The monoisotopic (exact) mass is 269 g/mol. The summed E-state index contributed by atoms with van der Waals surface area (Å²) in [6, 6.07) is 10.6. The van der Waals surface area contributed by atoms with Crippen LogP contribution < -0.4 is 0 Å². The highest BCUT2D eigenvalue weighted by atomic mass is 15.2. The van der Waals surface area contributed by atoms with Crippen LogP contribution in [0.2, 0.25) is 0 Å². The molecule has 0 atom stereocenters. The average molecular weight is 269 g/mol. The summed E-state index contributed by atoms with van der Waals surface area (Å²) in [5.41, 5.74) is 2.41. The van der Waals surface area contributed by atoms with Gasteiger partial charge in [0.2, 0.25) is 0 Å². The highest BCUT2D eigenvalue weighted by molar-refractivity contribution is 5.78. The third kappa shape index (κ3) is 3.17. The van der Waals surface area contributed by atoms with Gasteiger partial charge in [0, 0.05) is 31.2 Å². The number of pyridine rings is 1. The lowest BCUT2D eigenvalue weighted by molar-refractivity contribution is 0.257. The Morgan fingerprint density at radius 2 is 1.85 bits per heavy atom. The van der Waals surface area contributed by atoms with Crippen molar-refractivity contribution in [3.05, 3.63) is 42.1 Å². The Balaban J connectivity index is 1.69. The Kier molecular flexibility index (Phi) is 4.28. The van der Waals surface area contributed by atoms with Gasteiger partial charge >= 0.3 is 0 Å². The highest BCUT2D eigenvalue weighted by Gasteiger charge is 2.13. The minimum Gasteiger partial charge on any atom is -0.302 e. The van der Waals surface area contributed by atoms with E-state index in [0.29, 0.717) is 0 Å². The second-order valence-corrected chi connectivity index (χ2v) is 5.60. The SMILES string of the molecule is CCN1CCCN(Cc2cnc3ccccc3c2)CC1. The first-order chi connectivity index (χ1) is 9.85. The van der Waals surface area contributed by atoms with Crippen molar-refractivity contribution in [3.63, 3.8) is 0 Å². The maximum absolute atomic E-state index is 4.56. The molecule has 1 aromatic carbocycles. The minimum atomic E-state index is 1.02. The van der Waals surface area contributed by atoms with E-state index in [-0.39, 0.29) is 0 Å². The maximum Gasteiger partial charge on any atom is 0.0702 e. The van der Waals surface area contributed by atoms with Gasteiger partial charge in [0.15, 0.2) is 0 Å². The van der Waals surface area contributed by atoms with Crippen LogP contribution in [0.3, 0.4) is 0 Å². The van der Waals surface area contributed by atoms with E-state index < -0.39 is 0 Å². The van der Waals surface area contributed by atoms with Crippen LogP contribution in [0.5, 0.6) is 0 Å². The number of hydrogen-bond donors (Lipinski definition) is 0. The average Bonchev–Trinajstić information content (AvgIpc) is 2.72. The Morgan fingerprint density at radius 1 is 1.05 bits per heavy atom. The fourth-order valence-corrected chi connectivity index (χ4v) is 2.96. The van der Waals surface area contributed by atoms with E-state index in [0.717, 1.165) is 12.1 Å². The van der Waals surface area contributed by atoms with E-state index >= 15 is 0 Å². The van der Waals surface area contributed by atoms with Crippen LogP contribution in [0.4, 0.5) is 0 Å². The molecule has 0 spiro atoms. The van der Waals surface area contributed by atoms with E-state index in [2.05, 4.69) is 46.0 Å². The summed E-state index contributed by atoms with van der Waals surface area (Å²) in [5, 5.41) is 1.25. The molecule has 3 rings (SSSR count). The molecule has 0 bridgehead atoms. The second kappa shape index (κ2) is 6.33. The van der Waals surface area contributed by atoms with E-state index in [9.17, 15) is 0 Å². The molecule has 2 aromatic rings. The fraction of sp³-hybridized carbons (Fsp3) is 0.471. The van der Waals surface area contributed by atoms with Crippen molar-refractivity contribution in [1.29, 1.82) is 0 Å². The fourth-order valence-electron chi connectivity index (χ4n) is 2.96. The Bertz CT molecular complexity index is 567. The first-order valence-corrected chi connectivity index (χ1v) is 7.63. The summed E-state index contributed by atoms with van der Waals surface area (Å²) in [7, 11) is 0. The lowest BCUT2D eigenvalue weighted by Crippen LogP contribution is -2.30. The molecule has 20 heavy (non-hydrogen) atoms. The normalized spacial score (nSPS) is 18.2. The van der Waals surface area contributed by atoms with Crippen LogP contribution in [0.25, 0.3) is 10.9 Å². The molecule has 1 aromatic heterocycles. The summed E-state index contributed by atoms with van der Waals surface area (Å²) in [5.74, 6) is 0. The quantitative estimate of drug-likeness (QED) is 0.854. The van der Waals surface area contributed by atoms with Crippen molar-refractivity contribution in [3.8, 4) is 0 Å². The van der Waals surface area contributed by atoms with Crippen LogP contribution in [0.1, 0.15) is 18.9 Å². The number of rotatable bonds is 3. The van der Waals surface area contributed by atoms with Crippen molar-refractivity contribution in [2.45, 2.75) is 19.9 Å². The first-order valence-electron chi connectivity index (χ1n) is 7.63. The summed E-state index contributed by atoms with van der Waals surface area (Å²) in [4.78, 5) is 9.66. The van der Waals surface area contributed by atoms with Gasteiger partial charge in [0.25, 0.3) is 0 Å². The van der Waals surface area contributed by atoms with Crippen molar-refractivity contribution >= 4 is 10.9 Å². The van der Waals surface area contributed by atoms with E-state index in [4.69, 9.17) is 0 Å². The smallest absolute Gasteiger partial charge is 0.0702 e. The predicted molar refractivity (Wildman–Crippen MR) is 83.8 cm³/mol. The van der Waals surface area contributed by atoms with Crippen LogP contribution in [-0.2, 0) is 6.54 Å². The minimum absolute atomic E-state index is 1.02. The number of hydrogen-bond acceptors (Lipinski definition) is 3. The molecule has 0 saturated carbocycles. The van der Waals surface area contributed by atoms with Gasteiger partial charge in [-0.3, -0.25) is 9.88 Å². The summed E-state index contributed by atoms with van der Waals surface area (Å²) in [6.45, 7) is 9.24. The molecule has 106 valence electrons. The van der Waals surface area contributed by atoms with Gasteiger partial charge in [0.05, 0.1) is 5.52 Å². The Morgan fingerprint density at radius 3 is 2.75 bits per heavy atom. The molecule has 0 unspecified atom stereocenters. The molecule has 1 fully saturated rings. The molecule has 2 heterocycles. The standard InChI is InChI=1S/C17H23N3/c1-2-19-8-5-9-20(11-10-19)14-15-12-16-6-3-4-7-17(16)18-13-15/h3-4,6-7,12-13H,2,5,8-11,14H2,1H3. The largest absolute Gasteiger partial charge is 0.302 e. The van der Waals surface area contributed by atoms with E-state index in [1.807, 2.05) is 12.3 Å². The Labute approximate surface area is 121 Å². The molecule has 0 aliphatic carbocycles. The van der Waals surface area contributed by atoms with Crippen LogP contribution >= 0.6 is 0 Å². The number of likely N-dealkylation sites (N-methyl/N-ethyl adjacent to an activating group) is 1. The molecule has 3 heteroatoms. The van der Waals surface area contributed by atoms with Crippen molar-refractivity contribution < 1.29 is 0 Å². The number of aromatic nitrogens is 1. The molecule has 0 N–H and O–H groups in total. The zero-order valence-electron chi connectivity index (χ0n) is 12.3. The van der Waals surface area contributed by atoms with Crippen LogP contribution in [-0.4, -0.2) is 47.5 Å². The third-order valence-electron chi connectivity index (χ3n) is 4.18. The van der Waals surface area contributed by atoms with Gasteiger partial charge in [-0.1, -0.05) is 25.1 Å². The summed E-state index contributed by atoms with van der Waals surface area (Å²) < 4.78 is 0. The first kappa shape index (κ1) is 13.5. The molecular weight excluding hydrogens is 246 g/mol. The van der Waals surface area contributed by atoms with Gasteiger partial charge in [-0.15, -0.1) is 0 Å². The lowest BCUT2D eigenvalue weighted by atomic mass is 10.1. The summed E-state index contributed by atoms with van der Waals surface area (Å²) >= 11 is 0. The molecular formula is C17H23N3. The topological polar surface area (TPSA) is 19.4 Å². The van der Waals surface area contributed by atoms with Crippen LogP contribution in [0, 0.1) is 0 Å². The summed E-state index contributed by atoms with van der Waals surface area (Å²) in [6.07, 6.45) is 3.31. The number of nitrogens with zero attached hydrogens (tertiary/aromatic N) is 3. The predicted octanol–water partition coefficient (Wildman–Crippen LogP) is 2.76. The van der Waals surface area contributed by atoms with E-state index in [1.54, 1.807) is 0 Å². The second-order valence-electron chi connectivity index (χ2n) is 5.60. The lowest BCUT2D eigenvalue weighted by Gasteiger charge is -2.20. The number of fused-ring (bicyclic) bond motifs is 1. The molecule has 1 aliphatic rings. The number of para-hydroxylation sites is 1. The molecule has 1 saturated heterocycles. The molecule has 0 radical (unpaired) electrons. The zero-order chi connectivity index (χ0) is 13.8. The van der Waals surface area contributed by atoms with Gasteiger partial charge in [-0.05, 0) is 43.8 Å². The van der Waals surface area contributed by atoms with Gasteiger partial charge in [0.1, 0.15) is 0 Å². The molecule has 1 aliphatic heterocycles.